The Labute approximate surface area is 179 Å². The number of nitrogens with one attached hydrogen (secondary N) is 1. The number of fused-ring (bicyclic) bond motifs is 1. The van der Waals surface area contributed by atoms with Crippen LogP contribution in [0.3, 0.4) is 0 Å². The largest absolute Gasteiger partial charge is 0.490 e. The van der Waals surface area contributed by atoms with Crippen LogP contribution in [0.2, 0.25) is 0 Å². The Hall–Kier alpha value is -1.69. The molecule has 2 heterocycles. The van der Waals surface area contributed by atoms with Crippen molar-refractivity contribution in [3.8, 4) is 0 Å². The van der Waals surface area contributed by atoms with Crippen molar-refractivity contribution in [3.63, 3.8) is 0 Å². The van der Waals surface area contributed by atoms with Gasteiger partial charge >= 0.3 is 12.1 Å². The Kier molecular flexibility index (Phi) is 7.29. The molecule has 4 rings (SSSR count). The third-order valence-corrected chi connectivity index (χ3v) is 7.88. The van der Waals surface area contributed by atoms with E-state index >= 15 is 0 Å². The smallest absolute Gasteiger partial charge is 0.475 e. The van der Waals surface area contributed by atoms with Crippen LogP contribution in [0, 0.1) is 11.3 Å². The maximum atomic E-state index is 12.2. The maximum Gasteiger partial charge on any atom is 0.490 e. The Morgan fingerprint density at radius 2 is 1.90 bits per heavy atom. The number of likely N-dealkylation sites (tertiary alicyclic amines) is 1. The van der Waals surface area contributed by atoms with Gasteiger partial charge in [-0.2, -0.15) is 13.2 Å². The van der Waals surface area contributed by atoms with Gasteiger partial charge in [0.2, 0.25) is 10.0 Å². The number of benzene rings is 1. The zero-order chi connectivity index (χ0) is 22.7. The van der Waals surface area contributed by atoms with E-state index in [9.17, 15) is 21.6 Å². The first-order valence-electron chi connectivity index (χ1n) is 10.1. The molecule has 0 bridgehead atoms. The summed E-state index contributed by atoms with van der Waals surface area (Å²) in [6.45, 7) is 4.92. The highest BCUT2D eigenvalue weighted by atomic mass is 32.2. The van der Waals surface area contributed by atoms with Crippen molar-refractivity contribution in [1.82, 2.24) is 9.62 Å². The fourth-order valence-corrected chi connectivity index (χ4v) is 5.52. The maximum absolute atomic E-state index is 12.2. The zero-order valence-electron chi connectivity index (χ0n) is 17.0. The summed E-state index contributed by atoms with van der Waals surface area (Å²) in [5.74, 6) is -2.32. The summed E-state index contributed by atoms with van der Waals surface area (Å²) >= 11 is 0. The van der Waals surface area contributed by atoms with Gasteiger partial charge in [-0.05, 0) is 24.8 Å². The SMILES string of the molecule is O=C(O)C(F)(F)F.O=S(=O)(NC[C@]12COC[C@H]1CN(CCc1ccccc1)C2)C1CC1. The van der Waals surface area contributed by atoms with Gasteiger partial charge in [-0.1, -0.05) is 30.3 Å². The van der Waals surface area contributed by atoms with Gasteiger partial charge < -0.3 is 14.7 Å². The predicted molar refractivity (Wildman–Crippen MR) is 107 cm³/mol. The minimum absolute atomic E-state index is 0.0430. The van der Waals surface area contributed by atoms with Crippen LogP contribution in [0.25, 0.3) is 0 Å². The van der Waals surface area contributed by atoms with Gasteiger partial charge in [0.05, 0.1) is 18.5 Å². The Morgan fingerprint density at radius 3 is 2.48 bits per heavy atom. The summed E-state index contributed by atoms with van der Waals surface area (Å²) < 4.78 is 64.6. The molecule has 0 unspecified atom stereocenters. The fraction of sp³-hybridized carbons (Fsp3) is 0.650. The summed E-state index contributed by atoms with van der Waals surface area (Å²) in [5.41, 5.74) is 1.31. The van der Waals surface area contributed by atoms with Crippen molar-refractivity contribution < 1.29 is 36.2 Å². The van der Waals surface area contributed by atoms with E-state index in [4.69, 9.17) is 14.6 Å². The second-order valence-corrected chi connectivity index (χ2v) is 10.5. The lowest BCUT2D eigenvalue weighted by Gasteiger charge is -2.27. The third-order valence-electron chi connectivity index (χ3n) is 5.98. The van der Waals surface area contributed by atoms with Crippen LogP contribution < -0.4 is 4.72 Å². The molecule has 1 aromatic carbocycles. The topological polar surface area (TPSA) is 95.9 Å². The number of ether oxygens (including phenoxy) is 1. The van der Waals surface area contributed by atoms with E-state index in [1.165, 1.54) is 5.56 Å². The molecule has 0 amide bonds. The summed E-state index contributed by atoms with van der Waals surface area (Å²) in [7, 11) is -3.12. The Balaban J connectivity index is 0.000000339. The molecular formula is C20H27F3N2O5S. The number of carboxylic acids is 1. The van der Waals surface area contributed by atoms with Crippen LogP contribution in [0.4, 0.5) is 13.2 Å². The summed E-state index contributed by atoms with van der Waals surface area (Å²) in [6, 6.07) is 10.5. The van der Waals surface area contributed by atoms with E-state index in [0.29, 0.717) is 19.1 Å². The van der Waals surface area contributed by atoms with Crippen LogP contribution in [-0.4, -0.2) is 75.2 Å². The van der Waals surface area contributed by atoms with E-state index in [2.05, 4.69) is 33.9 Å². The molecule has 3 fully saturated rings. The average Bonchev–Trinajstić information content (AvgIpc) is 3.41. The quantitative estimate of drug-likeness (QED) is 0.640. The number of carbonyl (C=O) groups is 1. The number of aliphatic carboxylic acids is 1. The number of nitrogens with zero attached hydrogens (tertiary/aromatic N) is 1. The number of rotatable bonds is 7. The van der Waals surface area contributed by atoms with E-state index in [0.717, 1.165) is 45.5 Å². The molecule has 1 aliphatic carbocycles. The number of sulfonamides is 1. The molecule has 2 atom stereocenters. The number of hydrogen-bond donors (Lipinski definition) is 2. The van der Waals surface area contributed by atoms with E-state index in [1.807, 2.05) is 6.07 Å². The minimum atomic E-state index is -5.08. The molecule has 2 aliphatic heterocycles. The first kappa shape index (κ1) is 24.0. The molecule has 3 aliphatic rings. The van der Waals surface area contributed by atoms with Crippen molar-refractivity contribution in [3.05, 3.63) is 35.9 Å². The first-order valence-corrected chi connectivity index (χ1v) is 11.7. The zero-order valence-corrected chi connectivity index (χ0v) is 17.8. The molecule has 1 saturated carbocycles. The van der Waals surface area contributed by atoms with E-state index in [-0.39, 0.29) is 10.7 Å². The van der Waals surface area contributed by atoms with Crippen LogP contribution >= 0.6 is 0 Å². The van der Waals surface area contributed by atoms with Gasteiger partial charge in [-0.25, -0.2) is 17.9 Å². The highest BCUT2D eigenvalue weighted by Gasteiger charge is 2.51. The normalized spacial score (nSPS) is 26.2. The molecule has 174 valence electrons. The first-order chi connectivity index (χ1) is 14.5. The molecule has 0 aromatic heterocycles. The summed E-state index contributed by atoms with van der Waals surface area (Å²) in [5, 5.41) is 6.98. The van der Waals surface area contributed by atoms with Crippen LogP contribution in [-0.2, 0) is 26.0 Å². The fourth-order valence-electron chi connectivity index (χ4n) is 4.04. The monoisotopic (exact) mass is 464 g/mol. The van der Waals surface area contributed by atoms with Gasteiger partial charge in [0, 0.05) is 37.5 Å². The number of halogens is 3. The van der Waals surface area contributed by atoms with Crippen LogP contribution in [0.15, 0.2) is 30.3 Å². The van der Waals surface area contributed by atoms with Gasteiger partial charge in [0.1, 0.15) is 0 Å². The van der Waals surface area contributed by atoms with Crippen LogP contribution in [0.1, 0.15) is 18.4 Å². The van der Waals surface area contributed by atoms with Gasteiger partial charge in [-0.3, -0.25) is 0 Å². The lowest BCUT2D eigenvalue weighted by atomic mass is 9.81. The molecule has 2 saturated heterocycles. The predicted octanol–water partition coefficient (Wildman–Crippen LogP) is 1.89. The summed E-state index contributed by atoms with van der Waals surface area (Å²) in [4.78, 5) is 11.4. The molecule has 2 N–H and O–H groups in total. The summed E-state index contributed by atoms with van der Waals surface area (Å²) in [6.07, 6.45) is -2.42. The highest BCUT2D eigenvalue weighted by Crippen LogP contribution is 2.41. The van der Waals surface area contributed by atoms with Crippen molar-refractivity contribution >= 4 is 16.0 Å². The molecule has 7 nitrogen and oxygen atoms in total. The van der Waals surface area contributed by atoms with Gasteiger partial charge in [0.15, 0.2) is 0 Å². The number of carboxylic acid groups (broad SMARTS) is 1. The lowest BCUT2D eigenvalue weighted by Crippen LogP contribution is -2.44. The Morgan fingerprint density at radius 1 is 1.26 bits per heavy atom. The number of hydrogen-bond acceptors (Lipinski definition) is 5. The van der Waals surface area contributed by atoms with E-state index < -0.39 is 22.2 Å². The van der Waals surface area contributed by atoms with Gasteiger partial charge in [-0.15, -0.1) is 0 Å². The van der Waals surface area contributed by atoms with Crippen molar-refractivity contribution in [2.75, 3.05) is 39.4 Å². The highest BCUT2D eigenvalue weighted by molar-refractivity contribution is 7.90. The second kappa shape index (κ2) is 9.43. The molecular weight excluding hydrogens is 437 g/mol. The minimum Gasteiger partial charge on any atom is -0.475 e. The third kappa shape index (κ3) is 6.41. The van der Waals surface area contributed by atoms with Crippen molar-refractivity contribution in [2.24, 2.45) is 11.3 Å². The Bertz CT molecular complexity index is 861. The molecule has 0 spiro atoms. The van der Waals surface area contributed by atoms with Crippen molar-refractivity contribution in [1.29, 1.82) is 0 Å². The van der Waals surface area contributed by atoms with E-state index in [1.54, 1.807) is 0 Å². The van der Waals surface area contributed by atoms with Crippen LogP contribution in [0.5, 0.6) is 0 Å². The van der Waals surface area contributed by atoms with Gasteiger partial charge in [0.25, 0.3) is 0 Å². The standard InChI is InChI=1S/C18H26N2O3S.C2HF3O2/c21-24(22,17-6-7-17)19-12-18-13-20(10-16(18)11-23-14-18)9-8-15-4-2-1-3-5-15;3-2(4,5)1(6)7/h1-5,16-17,19H,6-14H2;(H,6,7)/t16-,18+;/m1./s1. The molecule has 11 heteroatoms. The average molecular weight is 465 g/mol. The molecule has 1 aromatic rings. The van der Waals surface area contributed by atoms with Crippen molar-refractivity contribution in [2.45, 2.75) is 30.7 Å². The lowest BCUT2D eigenvalue weighted by molar-refractivity contribution is -0.192. The number of alkyl halides is 3. The second-order valence-electron chi connectivity index (χ2n) is 8.41. The molecule has 31 heavy (non-hydrogen) atoms. The molecule has 0 radical (unpaired) electrons.